The van der Waals surface area contributed by atoms with E-state index >= 15 is 0 Å². The highest BCUT2D eigenvalue weighted by Gasteiger charge is 2.19. The largest absolute Gasteiger partial charge is 0.387 e. The second-order valence-corrected chi connectivity index (χ2v) is 1.98. The van der Waals surface area contributed by atoms with Gasteiger partial charge in [0.05, 0.1) is 0 Å². The average Bonchev–Trinajstić information content (AvgIpc) is 2.43. The Morgan fingerprint density at radius 2 is 2.46 bits per heavy atom. The van der Waals surface area contributed by atoms with Crippen LogP contribution in [0.5, 0.6) is 0 Å². The molecule has 1 aromatic rings. The minimum absolute atomic E-state index is 0.0605. The fourth-order valence-electron chi connectivity index (χ4n) is 0.664. The third-order valence-electron chi connectivity index (χ3n) is 1.24. The molecule has 1 aromatic heterocycles. The van der Waals surface area contributed by atoms with Crippen molar-refractivity contribution in [2.75, 3.05) is 0 Å². The van der Waals surface area contributed by atoms with Crippen LogP contribution in [0.1, 0.15) is 11.4 Å². The molecule has 0 saturated carbocycles. The zero-order valence-corrected chi connectivity index (χ0v) is 6.24. The van der Waals surface area contributed by atoms with E-state index in [1.165, 1.54) is 0 Å². The monoisotopic (exact) mass is 191 g/mol. The van der Waals surface area contributed by atoms with Gasteiger partial charge in [0.25, 0.3) is 5.09 Å². The van der Waals surface area contributed by atoms with E-state index in [0.29, 0.717) is 0 Å². The zero-order chi connectivity index (χ0) is 9.84. The topological polar surface area (TPSA) is 126 Å². The first-order chi connectivity index (χ1) is 6.15. The predicted octanol–water partition coefficient (Wildman–Crippen LogP) is -1.49. The molecule has 0 amide bonds. The van der Waals surface area contributed by atoms with Gasteiger partial charge in [-0.3, -0.25) is 4.63 Å². The van der Waals surface area contributed by atoms with Crippen LogP contribution in [0.4, 0.5) is 0 Å². The number of rotatable bonds is 4. The smallest absolute Gasteiger partial charge is 0.294 e. The Balaban J connectivity index is 2.73. The third kappa shape index (κ3) is 2.02. The van der Waals surface area contributed by atoms with Gasteiger partial charge in [-0.1, -0.05) is 0 Å². The van der Waals surface area contributed by atoms with Gasteiger partial charge in [0.2, 0.25) is 11.4 Å². The van der Waals surface area contributed by atoms with Crippen molar-refractivity contribution in [2.45, 2.75) is 13.2 Å². The summed E-state index contributed by atoms with van der Waals surface area (Å²) < 4.78 is 4.07. The van der Waals surface area contributed by atoms with Crippen LogP contribution < -0.4 is 4.90 Å². The van der Waals surface area contributed by atoms with E-state index in [4.69, 9.17) is 5.11 Å². The average molecular weight is 191 g/mol. The highest BCUT2D eigenvalue weighted by Crippen LogP contribution is 2.01. The maximum atomic E-state index is 10.7. The van der Waals surface area contributed by atoms with Crippen molar-refractivity contribution in [1.82, 2.24) is 5.16 Å². The molecule has 0 saturated heterocycles. The van der Waals surface area contributed by atoms with Crippen LogP contribution in [-0.4, -0.2) is 15.3 Å². The summed E-state index contributed by atoms with van der Waals surface area (Å²) in [5.41, 5.74) is -0.309. The first kappa shape index (κ1) is 9.19. The number of hydrogen-bond donors (Lipinski definition) is 1. The Kier molecular flexibility index (Phi) is 2.59. The highest BCUT2D eigenvalue weighted by molar-refractivity contribution is 4.99. The summed E-state index contributed by atoms with van der Waals surface area (Å²) in [6.07, 6.45) is 0. The van der Waals surface area contributed by atoms with Crippen LogP contribution in [0.15, 0.2) is 4.63 Å². The molecule has 0 fully saturated rings. The molecule has 0 aromatic carbocycles. The molecule has 0 radical (unpaired) electrons. The summed E-state index contributed by atoms with van der Waals surface area (Å²) in [6, 6.07) is 0. The molecule has 13 heavy (non-hydrogen) atoms. The van der Waals surface area contributed by atoms with Crippen molar-refractivity contribution >= 4 is 0 Å². The van der Waals surface area contributed by atoms with Crippen LogP contribution in [0.2, 0.25) is 0 Å². The van der Waals surface area contributed by atoms with Gasteiger partial charge in [0.1, 0.15) is 6.61 Å². The highest BCUT2D eigenvalue weighted by atomic mass is 17.0. The lowest BCUT2D eigenvalue weighted by atomic mass is 10.3. The lowest BCUT2D eigenvalue weighted by Gasteiger charge is -1.94. The van der Waals surface area contributed by atoms with Crippen LogP contribution in [-0.2, 0) is 18.1 Å². The fraction of sp³-hybridized carbons (Fsp3) is 0.500. The molecule has 0 aliphatic heterocycles. The van der Waals surface area contributed by atoms with E-state index in [9.17, 15) is 15.3 Å². The normalized spacial score (nSPS) is 9.92. The lowest BCUT2D eigenvalue weighted by Crippen LogP contribution is -2.29. The fourth-order valence-corrected chi connectivity index (χ4v) is 0.664. The number of aromatic nitrogens is 2. The molecule has 0 bridgehead atoms. The first-order valence-corrected chi connectivity index (χ1v) is 3.10. The number of aliphatic hydroxyl groups is 1. The summed E-state index contributed by atoms with van der Waals surface area (Å²) in [5, 5.41) is 31.1. The van der Waals surface area contributed by atoms with Gasteiger partial charge in [-0.2, -0.15) is 0 Å². The third-order valence-corrected chi connectivity index (χ3v) is 1.24. The van der Waals surface area contributed by atoms with E-state index < -0.39 is 18.3 Å². The summed E-state index contributed by atoms with van der Waals surface area (Å²) in [7, 11) is 0. The van der Waals surface area contributed by atoms with Crippen molar-refractivity contribution in [3.63, 3.8) is 0 Å². The quantitative estimate of drug-likeness (QED) is 0.349. The maximum Gasteiger partial charge on any atom is 0.294 e. The van der Waals surface area contributed by atoms with Gasteiger partial charge in [-0.25, -0.2) is 0 Å². The molecular weight excluding hydrogens is 186 g/mol. The van der Waals surface area contributed by atoms with Gasteiger partial charge in [0, 0.05) is 5.16 Å². The Bertz CT molecular complexity index is 309. The number of nitrogens with zero attached hydrogens (tertiary/aromatic N) is 3. The SMILES string of the molecule is O=[N+]([O-])OCc1c(CO)no[n+]1[O-]. The zero-order valence-electron chi connectivity index (χ0n) is 6.24. The van der Waals surface area contributed by atoms with Gasteiger partial charge >= 0.3 is 0 Å². The number of aliphatic hydroxyl groups excluding tert-OH is 1. The molecule has 72 valence electrons. The van der Waals surface area contributed by atoms with Gasteiger partial charge in [-0.05, 0) is 4.90 Å². The minimum atomic E-state index is -1.06. The van der Waals surface area contributed by atoms with E-state index in [1.54, 1.807) is 0 Å². The summed E-state index contributed by atoms with van der Waals surface area (Å²) in [5.74, 6) is 0. The molecule has 0 aliphatic rings. The van der Waals surface area contributed by atoms with Crippen molar-refractivity contribution in [3.8, 4) is 0 Å². The molecule has 1 rings (SSSR count). The predicted molar refractivity (Wildman–Crippen MR) is 33.2 cm³/mol. The van der Waals surface area contributed by atoms with E-state index in [0.717, 1.165) is 0 Å². The molecule has 1 heterocycles. The standard InChI is InChI=1S/C4H5N3O6/c8-1-3-4(2-12-7(10)11)6(9)13-5-3/h8H,1-2H2. The van der Waals surface area contributed by atoms with Crippen LogP contribution in [0.3, 0.4) is 0 Å². The molecule has 0 spiro atoms. The van der Waals surface area contributed by atoms with Gasteiger partial charge in [-0.15, -0.1) is 10.1 Å². The number of hydrogen-bond acceptors (Lipinski definition) is 7. The molecule has 0 unspecified atom stereocenters. The lowest BCUT2D eigenvalue weighted by molar-refractivity contribution is -0.821. The second kappa shape index (κ2) is 3.67. The maximum absolute atomic E-state index is 10.7. The minimum Gasteiger partial charge on any atom is -0.387 e. The molecule has 0 aliphatic carbocycles. The molecular formula is C4H5N3O6. The molecule has 1 N–H and O–H groups in total. The van der Waals surface area contributed by atoms with Crippen LogP contribution in [0.25, 0.3) is 0 Å². The van der Waals surface area contributed by atoms with Crippen molar-refractivity contribution in [3.05, 3.63) is 26.7 Å². The van der Waals surface area contributed by atoms with Gasteiger partial charge < -0.3 is 15.2 Å². The Labute approximate surface area is 70.8 Å². The van der Waals surface area contributed by atoms with E-state index in [2.05, 4.69) is 14.6 Å². The second-order valence-electron chi connectivity index (χ2n) is 1.98. The van der Waals surface area contributed by atoms with E-state index in [1.807, 2.05) is 0 Å². The molecule has 0 atom stereocenters. The Morgan fingerprint density at radius 3 is 3.00 bits per heavy atom. The Hall–Kier alpha value is -1.90. The summed E-state index contributed by atoms with van der Waals surface area (Å²) in [4.78, 5) is 13.6. The Morgan fingerprint density at radius 1 is 1.77 bits per heavy atom. The summed E-state index contributed by atoms with van der Waals surface area (Å²) >= 11 is 0. The molecule has 9 nitrogen and oxygen atoms in total. The van der Waals surface area contributed by atoms with Crippen molar-refractivity contribution < 1.29 is 24.6 Å². The first-order valence-electron chi connectivity index (χ1n) is 3.10. The molecule has 9 heteroatoms. The van der Waals surface area contributed by atoms with Crippen LogP contribution >= 0.6 is 0 Å². The van der Waals surface area contributed by atoms with Crippen molar-refractivity contribution in [1.29, 1.82) is 0 Å². The summed E-state index contributed by atoms with van der Waals surface area (Å²) in [6.45, 7) is -1.15. The van der Waals surface area contributed by atoms with E-state index in [-0.39, 0.29) is 16.3 Å². The van der Waals surface area contributed by atoms with Gasteiger partial charge in [0.15, 0.2) is 6.61 Å². The van der Waals surface area contributed by atoms with Crippen LogP contribution in [0, 0.1) is 15.3 Å². The van der Waals surface area contributed by atoms with Crippen molar-refractivity contribution in [2.24, 2.45) is 0 Å².